The van der Waals surface area contributed by atoms with Crippen LogP contribution in [0.3, 0.4) is 0 Å². The molecule has 1 heterocycles. The van der Waals surface area contributed by atoms with Crippen LogP contribution < -0.4 is 11.4 Å². The van der Waals surface area contributed by atoms with Crippen molar-refractivity contribution in [1.29, 1.82) is 0 Å². The summed E-state index contributed by atoms with van der Waals surface area (Å²) >= 11 is 6.07. The zero-order chi connectivity index (χ0) is 20.9. The SMILES string of the molecule is NCC1CCC(CN(Cc2ccc(Cl)cc2)Cc2ccc3oc(=O)ccc3c2)CC1. The van der Waals surface area contributed by atoms with Crippen LogP contribution in [0, 0.1) is 11.8 Å². The molecule has 1 saturated carbocycles. The highest BCUT2D eigenvalue weighted by molar-refractivity contribution is 6.30. The fourth-order valence-electron chi connectivity index (χ4n) is 4.53. The molecule has 1 aliphatic carbocycles. The number of hydrogen-bond donors (Lipinski definition) is 1. The van der Waals surface area contributed by atoms with Gasteiger partial charge in [-0.25, -0.2) is 4.79 Å². The Morgan fingerprint density at radius 3 is 2.30 bits per heavy atom. The molecular formula is C25H29ClN2O2. The van der Waals surface area contributed by atoms with Gasteiger partial charge in [-0.3, -0.25) is 4.90 Å². The second kappa shape index (κ2) is 9.78. The first kappa shape index (κ1) is 21.1. The Labute approximate surface area is 182 Å². The average Bonchev–Trinajstić information content (AvgIpc) is 2.76. The summed E-state index contributed by atoms with van der Waals surface area (Å²) in [6.07, 6.45) is 4.99. The number of fused-ring (bicyclic) bond motifs is 1. The number of halogens is 1. The highest BCUT2D eigenvalue weighted by Gasteiger charge is 2.22. The molecule has 158 valence electrons. The third-order valence-electron chi connectivity index (χ3n) is 6.23. The second-order valence-electron chi connectivity index (χ2n) is 8.55. The van der Waals surface area contributed by atoms with Gasteiger partial charge in [0, 0.05) is 36.1 Å². The molecule has 1 fully saturated rings. The van der Waals surface area contributed by atoms with Crippen molar-refractivity contribution in [2.75, 3.05) is 13.1 Å². The molecule has 0 radical (unpaired) electrons. The molecule has 0 aliphatic heterocycles. The number of benzene rings is 2. The van der Waals surface area contributed by atoms with Crippen molar-refractivity contribution in [3.63, 3.8) is 0 Å². The molecule has 1 aliphatic rings. The first-order valence-electron chi connectivity index (χ1n) is 10.8. The van der Waals surface area contributed by atoms with E-state index in [1.54, 1.807) is 0 Å². The predicted molar refractivity (Wildman–Crippen MR) is 123 cm³/mol. The monoisotopic (exact) mass is 424 g/mol. The van der Waals surface area contributed by atoms with Crippen LogP contribution in [0.25, 0.3) is 11.0 Å². The smallest absolute Gasteiger partial charge is 0.336 e. The van der Waals surface area contributed by atoms with Gasteiger partial charge in [-0.15, -0.1) is 0 Å². The fraction of sp³-hybridized carbons (Fsp3) is 0.400. The van der Waals surface area contributed by atoms with Crippen molar-refractivity contribution < 1.29 is 4.42 Å². The lowest BCUT2D eigenvalue weighted by Crippen LogP contribution is -2.32. The van der Waals surface area contributed by atoms with E-state index < -0.39 is 0 Å². The third kappa shape index (κ3) is 5.51. The molecule has 2 aromatic carbocycles. The lowest BCUT2D eigenvalue weighted by molar-refractivity contribution is 0.170. The minimum atomic E-state index is -0.312. The molecule has 4 nitrogen and oxygen atoms in total. The van der Waals surface area contributed by atoms with Gasteiger partial charge in [0.25, 0.3) is 0 Å². The standard InChI is InChI=1S/C25H29ClN2O2/c26-23-9-5-20(6-10-23)16-28(15-19-3-1-18(14-27)2-4-19)17-21-7-11-24-22(13-21)8-12-25(29)30-24/h5-13,18-19H,1-4,14-17,27H2. The van der Waals surface area contributed by atoms with Crippen LogP contribution in [0.4, 0.5) is 0 Å². The van der Waals surface area contributed by atoms with Gasteiger partial charge < -0.3 is 10.2 Å². The molecule has 0 unspecified atom stereocenters. The van der Waals surface area contributed by atoms with Crippen LogP contribution >= 0.6 is 11.6 Å². The average molecular weight is 425 g/mol. The summed E-state index contributed by atoms with van der Waals surface area (Å²) in [7, 11) is 0. The van der Waals surface area contributed by atoms with Gasteiger partial charge in [0.15, 0.2) is 0 Å². The van der Waals surface area contributed by atoms with Crippen LogP contribution in [0.15, 0.2) is 63.8 Å². The van der Waals surface area contributed by atoms with Crippen molar-refractivity contribution in [3.05, 3.63) is 81.2 Å². The summed E-state index contributed by atoms with van der Waals surface area (Å²) in [4.78, 5) is 14.0. The van der Waals surface area contributed by atoms with E-state index in [0.717, 1.165) is 36.6 Å². The predicted octanol–water partition coefficient (Wildman–Crippen LogP) is 5.21. The minimum absolute atomic E-state index is 0.312. The molecular weight excluding hydrogens is 396 g/mol. The molecule has 0 atom stereocenters. The maximum absolute atomic E-state index is 11.4. The van der Waals surface area contributed by atoms with Crippen LogP contribution in [-0.2, 0) is 13.1 Å². The maximum Gasteiger partial charge on any atom is 0.336 e. The van der Waals surface area contributed by atoms with E-state index in [4.69, 9.17) is 21.8 Å². The second-order valence-corrected chi connectivity index (χ2v) is 8.98. The van der Waals surface area contributed by atoms with Crippen LogP contribution in [0.5, 0.6) is 0 Å². The molecule has 5 heteroatoms. The van der Waals surface area contributed by atoms with Crippen molar-refractivity contribution in [2.45, 2.75) is 38.8 Å². The van der Waals surface area contributed by atoms with E-state index in [9.17, 15) is 4.79 Å². The van der Waals surface area contributed by atoms with Gasteiger partial charge in [0.1, 0.15) is 5.58 Å². The van der Waals surface area contributed by atoms with Gasteiger partial charge >= 0.3 is 5.63 Å². The number of nitrogens with two attached hydrogens (primary N) is 1. The molecule has 0 bridgehead atoms. The Morgan fingerprint density at radius 1 is 0.900 bits per heavy atom. The third-order valence-corrected chi connectivity index (χ3v) is 6.48. The fourth-order valence-corrected chi connectivity index (χ4v) is 4.65. The van der Waals surface area contributed by atoms with Crippen LogP contribution in [0.1, 0.15) is 36.8 Å². The Morgan fingerprint density at radius 2 is 1.57 bits per heavy atom. The van der Waals surface area contributed by atoms with E-state index in [2.05, 4.69) is 29.2 Å². The lowest BCUT2D eigenvalue weighted by Gasteiger charge is -2.32. The Bertz CT molecular complexity index is 1020. The number of rotatable bonds is 7. The largest absolute Gasteiger partial charge is 0.423 e. The van der Waals surface area contributed by atoms with Crippen LogP contribution in [-0.4, -0.2) is 18.0 Å². The summed E-state index contributed by atoms with van der Waals surface area (Å²) < 4.78 is 5.28. The zero-order valence-corrected chi connectivity index (χ0v) is 18.0. The van der Waals surface area contributed by atoms with Crippen molar-refractivity contribution in [3.8, 4) is 0 Å². The molecule has 3 aromatic rings. The molecule has 4 rings (SSSR count). The molecule has 2 N–H and O–H groups in total. The van der Waals surface area contributed by atoms with E-state index in [1.165, 1.54) is 42.9 Å². The Balaban J connectivity index is 1.50. The summed E-state index contributed by atoms with van der Waals surface area (Å²) in [5, 5.41) is 1.73. The first-order chi connectivity index (χ1) is 14.6. The minimum Gasteiger partial charge on any atom is -0.423 e. The van der Waals surface area contributed by atoms with Crippen molar-refractivity contribution in [1.82, 2.24) is 4.90 Å². The van der Waals surface area contributed by atoms with Gasteiger partial charge in [0.2, 0.25) is 0 Å². The number of nitrogens with zero attached hydrogens (tertiary/aromatic N) is 1. The zero-order valence-electron chi connectivity index (χ0n) is 17.2. The van der Waals surface area contributed by atoms with E-state index in [-0.39, 0.29) is 5.63 Å². The normalized spacial score (nSPS) is 19.4. The molecule has 0 amide bonds. The van der Waals surface area contributed by atoms with Gasteiger partial charge in [-0.05, 0) is 85.5 Å². The van der Waals surface area contributed by atoms with Gasteiger partial charge in [-0.2, -0.15) is 0 Å². The summed E-state index contributed by atoms with van der Waals surface area (Å²) in [6.45, 7) is 3.63. The highest BCUT2D eigenvalue weighted by Crippen LogP contribution is 2.29. The first-order valence-corrected chi connectivity index (χ1v) is 11.2. The number of hydrogen-bond acceptors (Lipinski definition) is 4. The van der Waals surface area contributed by atoms with E-state index in [0.29, 0.717) is 17.4 Å². The summed E-state index contributed by atoms with van der Waals surface area (Å²) in [5.41, 5.74) is 8.68. The molecule has 0 spiro atoms. The Hall–Kier alpha value is -2.14. The van der Waals surface area contributed by atoms with Gasteiger partial charge in [0.05, 0.1) is 0 Å². The van der Waals surface area contributed by atoms with E-state index in [1.807, 2.05) is 24.3 Å². The van der Waals surface area contributed by atoms with E-state index >= 15 is 0 Å². The summed E-state index contributed by atoms with van der Waals surface area (Å²) in [6, 6.07) is 17.5. The highest BCUT2D eigenvalue weighted by atomic mass is 35.5. The summed E-state index contributed by atoms with van der Waals surface area (Å²) in [5.74, 6) is 1.40. The van der Waals surface area contributed by atoms with Crippen molar-refractivity contribution in [2.24, 2.45) is 17.6 Å². The molecule has 1 aromatic heterocycles. The maximum atomic E-state index is 11.4. The molecule has 0 saturated heterocycles. The quantitative estimate of drug-likeness (QED) is 0.528. The van der Waals surface area contributed by atoms with Crippen molar-refractivity contribution >= 4 is 22.6 Å². The Kier molecular flexibility index (Phi) is 6.88. The topological polar surface area (TPSA) is 59.5 Å². The van der Waals surface area contributed by atoms with Crippen LogP contribution in [0.2, 0.25) is 5.02 Å². The molecule has 30 heavy (non-hydrogen) atoms. The van der Waals surface area contributed by atoms with Gasteiger partial charge in [-0.1, -0.05) is 29.8 Å². The lowest BCUT2D eigenvalue weighted by atomic mass is 9.82.